The van der Waals surface area contributed by atoms with Crippen LogP contribution in [-0.2, 0) is 6.54 Å². The van der Waals surface area contributed by atoms with Gasteiger partial charge in [0.15, 0.2) is 10.2 Å². The van der Waals surface area contributed by atoms with Gasteiger partial charge in [-0.1, -0.05) is 28.1 Å². The van der Waals surface area contributed by atoms with E-state index < -0.39 is 0 Å². The highest BCUT2D eigenvalue weighted by Gasteiger charge is 2.00. The molecule has 0 aliphatic rings. The van der Waals surface area contributed by atoms with Gasteiger partial charge in [0, 0.05) is 16.7 Å². The summed E-state index contributed by atoms with van der Waals surface area (Å²) in [5.74, 6) is 0.825. The Bertz CT molecular complexity index is 692. The lowest BCUT2D eigenvalue weighted by Crippen LogP contribution is -2.47. The maximum absolute atomic E-state index is 5.20. The van der Waals surface area contributed by atoms with Crippen LogP contribution in [0.4, 0.5) is 5.69 Å². The summed E-state index contributed by atoms with van der Waals surface area (Å²) in [7, 11) is 1.64. The van der Waals surface area contributed by atoms with Crippen molar-refractivity contribution < 1.29 is 4.74 Å². The first kappa shape index (κ1) is 18.4. The van der Waals surface area contributed by atoms with E-state index in [1.807, 2.05) is 48.5 Å². The first-order valence-corrected chi connectivity index (χ1v) is 8.67. The first-order valence-electron chi connectivity index (χ1n) is 7.06. The van der Waals surface area contributed by atoms with Crippen LogP contribution in [0.5, 0.6) is 5.75 Å². The average molecular weight is 425 g/mol. The van der Waals surface area contributed by atoms with E-state index in [-0.39, 0.29) is 0 Å². The van der Waals surface area contributed by atoms with E-state index in [1.54, 1.807) is 7.11 Å². The molecule has 0 saturated carbocycles. The standard InChI is InChI=1S/C16H17BrN4OS2/c1-22-14-8-2-11(3-9-14)10-18-15(23)20-21-16(24)19-13-6-4-12(17)5-7-13/h2-9H,10H2,1H3,(H2,18,20,23)(H2,19,21,24). The number of thiocarbonyl (C=S) groups is 2. The largest absolute Gasteiger partial charge is 0.497 e. The smallest absolute Gasteiger partial charge is 0.189 e. The highest BCUT2D eigenvalue weighted by molar-refractivity contribution is 9.10. The van der Waals surface area contributed by atoms with Gasteiger partial charge in [-0.15, -0.1) is 0 Å². The summed E-state index contributed by atoms with van der Waals surface area (Å²) >= 11 is 13.8. The van der Waals surface area contributed by atoms with Gasteiger partial charge >= 0.3 is 0 Å². The second kappa shape index (κ2) is 9.41. The molecule has 4 N–H and O–H groups in total. The molecule has 2 rings (SSSR count). The fraction of sp³-hybridized carbons (Fsp3) is 0.125. The number of rotatable bonds is 4. The third-order valence-corrected chi connectivity index (χ3v) is 3.98. The van der Waals surface area contributed by atoms with Gasteiger partial charge in [-0.3, -0.25) is 10.9 Å². The number of halogens is 1. The Morgan fingerprint density at radius 1 is 0.958 bits per heavy atom. The predicted octanol–water partition coefficient (Wildman–Crippen LogP) is 3.32. The van der Waals surface area contributed by atoms with E-state index in [4.69, 9.17) is 29.2 Å². The van der Waals surface area contributed by atoms with Crippen molar-refractivity contribution in [2.75, 3.05) is 12.4 Å². The van der Waals surface area contributed by atoms with Gasteiger partial charge < -0.3 is 15.4 Å². The summed E-state index contributed by atoms with van der Waals surface area (Å²) in [6, 6.07) is 15.4. The molecule has 0 aromatic heterocycles. The van der Waals surface area contributed by atoms with Crippen molar-refractivity contribution in [1.82, 2.24) is 16.2 Å². The second-order valence-electron chi connectivity index (χ2n) is 4.74. The summed E-state index contributed by atoms with van der Waals surface area (Å²) in [6.45, 7) is 0.602. The van der Waals surface area contributed by atoms with Crippen LogP contribution in [0.25, 0.3) is 0 Å². The first-order chi connectivity index (χ1) is 11.6. The molecule has 0 aliphatic heterocycles. The third kappa shape index (κ3) is 6.31. The molecule has 0 amide bonds. The van der Waals surface area contributed by atoms with Crippen molar-refractivity contribution in [3.63, 3.8) is 0 Å². The summed E-state index contributed by atoms with van der Waals surface area (Å²) in [4.78, 5) is 0. The normalized spacial score (nSPS) is 9.75. The maximum Gasteiger partial charge on any atom is 0.189 e. The Morgan fingerprint density at radius 2 is 1.58 bits per heavy atom. The summed E-state index contributed by atoms with van der Waals surface area (Å²) in [5, 5.41) is 7.01. The Balaban J connectivity index is 1.70. The van der Waals surface area contributed by atoms with Gasteiger partial charge in [-0.25, -0.2) is 0 Å². The zero-order valence-electron chi connectivity index (χ0n) is 12.9. The number of hydrogen-bond donors (Lipinski definition) is 4. The second-order valence-corrected chi connectivity index (χ2v) is 6.47. The third-order valence-electron chi connectivity index (χ3n) is 3.00. The summed E-state index contributed by atoms with van der Waals surface area (Å²) in [6.07, 6.45) is 0. The fourth-order valence-electron chi connectivity index (χ4n) is 1.78. The molecule has 0 fully saturated rings. The molecule has 0 aliphatic carbocycles. The van der Waals surface area contributed by atoms with Crippen molar-refractivity contribution in [3.05, 3.63) is 58.6 Å². The van der Waals surface area contributed by atoms with Crippen LogP contribution in [0.1, 0.15) is 5.56 Å². The van der Waals surface area contributed by atoms with Gasteiger partial charge in [0.05, 0.1) is 7.11 Å². The lowest BCUT2D eigenvalue weighted by Gasteiger charge is -2.14. The Morgan fingerprint density at radius 3 is 2.21 bits per heavy atom. The number of nitrogens with one attached hydrogen (secondary N) is 4. The molecule has 2 aromatic rings. The van der Waals surface area contributed by atoms with Crippen molar-refractivity contribution in [1.29, 1.82) is 0 Å². The predicted molar refractivity (Wildman–Crippen MR) is 109 cm³/mol. The molecule has 126 valence electrons. The van der Waals surface area contributed by atoms with Crippen LogP contribution in [0, 0.1) is 0 Å². The number of benzene rings is 2. The van der Waals surface area contributed by atoms with Crippen LogP contribution < -0.4 is 26.2 Å². The Kier molecular flexibility index (Phi) is 7.23. The van der Waals surface area contributed by atoms with Crippen LogP contribution in [0.2, 0.25) is 0 Å². The SMILES string of the molecule is COc1ccc(CNC(=S)NNC(=S)Nc2ccc(Br)cc2)cc1. The average Bonchev–Trinajstić information content (AvgIpc) is 2.60. The topological polar surface area (TPSA) is 57.4 Å². The molecule has 0 bridgehead atoms. The zero-order chi connectivity index (χ0) is 17.4. The summed E-state index contributed by atoms with van der Waals surface area (Å²) in [5.41, 5.74) is 7.65. The molecule has 8 heteroatoms. The molecule has 0 atom stereocenters. The maximum atomic E-state index is 5.20. The Hall–Kier alpha value is -1.90. The lowest BCUT2D eigenvalue weighted by atomic mass is 10.2. The number of methoxy groups -OCH3 is 1. The number of hydrazine groups is 1. The van der Waals surface area contributed by atoms with E-state index in [0.717, 1.165) is 21.5 Å². The van der Waals surface area contributed by atoms with Gasteiger partial charge in [0.25, 0.3) is 0 Å². The van der Waals surface area contributed by atoms with Gasteiger partial charge in [-0.05, 0) is 66.4 Å². The molecule has 0 heterocycles. The van der Waals surface area contributed by atoms with E-state index in [9.17, 15) is 0 Å². The molecule has 5 nitrogen and oxygen atoms in total. The molecular formula is C16H17BrN4OS2. The highest BCUT2D eigenvalue weighted by Crippen LogP contribution is 2.13. The minimum absolute atomic E-state index is 0.422. The molecule has 0 saturated heterocycles. The lowest BCUT2D eigenvalue weighted by molar-refractivity contribution is 0.414. The van der Waals surface area contributed by atoms with Gasteiger partial charge in [0.1, 0.15) is 5.75 Å². The van der Waals surface area contributed by atoms with Crippen molar-refractivity contribution in [2.24, 2.45) is 0 Å². The van der Waals surface area contributed by atoms with Crippen LogP contribution in [0.3, 0.4) is 0 Å². The van der Waals surface area contributed by atoms with Gasteiger partial charge in [-0.2, -0.15) is 0 Å². The fourth-order valence-corrected chi connectivity index (χ4v) is 2.34. The molecular weight excluding hydrogens is 408 g/mol. The van der Waals surface area contributed by atoms with E-state index in [1.165, 1.54) is 0 Å². The monoisotopic (exact) mass is 424 g/mol. The van der Waals surface area contributed by atoms with Crippen LogP contribution >= 0.6 is 40.4 Å². The van der Waals surface area contributed by atoms with Crippen LogP contribution in [-0.4, -0.2) is 17.3 Å². The zero-order valence-corrected chi connectivity index (χ0v) is 16.1. The van der Waals surface area contributed by atoms with Crippen molar-refractivity contribution >= 4 is 56.3 Å². The van der Waals surface area contributed by atoms with E-state index >= 15 is 0 Å². The number of anilines is 1. The van der Waals surface area contributed by atoms with E-state index in [0.29, 0.717) is 16.8 Å². The Labute approximate surface area is 160 Å². The number of hydrogen-bond acceptors (Lipinski definition) is 3. The van der Waals surface area contributed by atoms with Gasteiger partial charge in [0.2, 0.25) is 0 Å². The minimum atomic E-state index is 0.422. The molecule has 0 radical (unpaired) electrons. The highest BCUT2D eigenvalue weighted by atomic mass is 79.9. The minimum Gasteiger partial charge on any atom is -0.497 e. The molecule has 24 heavy (non-hydrogen) atoms. The van der Waals surface area contributed by atoms with Crippen molar-refractivity contribution in [3.8, 4) is 5.75 Å². The molecule has 0 spiro atoms. The van der Waals surface area contributed by atoms with Crippen LogP contribution in [0.15, 0.2) is 53.0 Å². The quantitative estimate of drug-likeness (QED) is 0.443. The van der Waals surface area contributed by atoms with Crippen molar-refractivity contribution in [2.45, 2.75) is 6.54 Å². The van der Waals surface area contributed by atoms with E-state index in [2.05, 4.69) is 37.4 Å². The molecule has 0 unspecified atom stereocenters. The molecule has 2 aromatic carbocycles. The number of ether oxygens (including phenoxy) is 1. The summed E-state index contributed by atoms with van der Waals surface area (Å²) < 4.78 is 6.13.